The van der Waals surface area contributed by atoms with Gasteiger partial charge in [0, 0.05) is 19.1 Å². The first-order valence-corrected chi connectivity index (χ1v) is 5.33. The van der Waals surface area contributed by atoms with Gasteiger partial charge in [-0.25, -0.2) is 0 Å². The number of aliphatic hydroxyl groups excluding tert-OH is 2. The summed E-state index contributed by atoms with van der Waals surface area (Å²) in [4.78, 5) is 0. The van der Waals surface area contributed by atoms with E-state index in [-0.39, 0.29) is 24.7 Å². The SMILES string of the molecule is COC(C#CC(C)(C)CO)CCCCO. The van der Waals surface area contributed by atoms with Gasteiger partial charge < -0.3 is 14.9 Å². The molecule has 0 amide bonds. The molecule has 3 heteroatoms. The fourth-order valence-electron chi connectivity index (χ4n) is 1.01. The molecule has 0 rings (SSSR count). The third-order valence-corrected chi connectivity index (χ3v) is 2.13. The smallest absolute Gasteiger partial charge is 0.117 e. The third kappa shape index (κ3) is 7.38. The van der Waals surface area contributed by atoms with Crippen molar-refractivity contribution >= 4 is 0 Å². The van der Waals surface area contributed by atoms with Crippen LogP contribution < -0.4 is 0 Å². The maximum Gasteiger partial charge on any atom is 0.117 e. The number of hydrogen-bond acceptors (Lipinski definition) is 3. The maximum absolute atomic E-state index is 9.02. The first kappa shape index (κ1) is 14.4. The molecule has 0 aliphatic rings. The minimum atomic E-state index is -0.367. The molecule has 0 aromatic heterocycles. The second-order valence-electron chi connectivity index (χ2n) is 4.26. The fourth-order valence-corrected chi connectivity index (χ4v) is 1.01. The summed E-state index contributed by atoms with van der Waals surface area (Å²) < 4.78 is 5.20. The van der Waals surface area contributed by atoms with Gasteiger partial charge in [0.1, 0.15) is 6.10 Å². The fraction of sp³-hybridized carbons (Fsp3) is 0.833. The van der Waals surface area contributed by atoms with Crippen LogP contribution >= 0.6 is 0 Å². The molecule has 0 aromatic carbocycles. The van der Waals surface area contributed by atoms with Crippen LogP contribution in [0.25, 0.3) is 0 Å². The summed E-state index contributed by atoms with van der Waals surface area (Å²) in [6, 6.07) is 0. The van der Waals surface area contributed by atoms with E-state index in [0.717, 1.165) is 19.3 Å². The van der Waals surface area contributed by atoms with Gasteiger partial charge in [-0.2, -0.15) is 0 Å². The Bertz CT molecular complexity index is 213. The van der Waals surface area contributed by atoms with Gasteiger partial charge in [-0.05, 0) is 33.1 Å². The lowest BCUT2D eigenvalue weighted by Gasteiger charge is -2.14. The van der Waals surface area contributed by atoms with Gasteiger partial charge in [0.2, 0.25) is 0 Å². The zero-order valence-corrected chi connectivity index (χ0v) is 9.92. The zero-order valence-electron chi connectivity index (χ0n) is 9.92. The normalized spacial score (nSPS) is 13.1. The molecule has 1 unspecified atom stereocenters. The summed E-state index contributed by atoms with van der Waals surface area (Å²) in [6.07, 6.45) is 2.42. The van der Waals surface area contributed by atoms with Gasteiger partial charge in [0.05, 0.1) is 6.61 Å². The molecule has 0 saturated carbocycles. The molecule has 0 aliphatic heterocycles. The van der Waals surface area contributed by atoms with E-state index in [9.17, 15) is 0 Å². The van der Waals surface area contributed by atoms with Crippen molar-refractivity contribution in [3.8, 4) is 11.8 Å². The van der Waals surface area contributed by atoms with E-state index in [2.05, 4.69) is 11.8 Å². The maximum atomic E-state index is 9.02. The van der Waals surface area contributed by atoms with Crippen molar-refractivity contribution in [1.29, 1.82) is 0 Å². The summed E-state index contributed by atoms with van der Waals surface area (Å²) in [5.74, 6) is 6.00. The average molecular weight is 214 g/mol. The van der Waals surface area contributed by atoms with Gasteiger partial charge >= 0.3 is 0 Å². The minimum Gasteiger partial charge on any atom is -0.396 e. The Kier molecular flexibility index (Phi) is 7.41. The molecule has 0 aromatic rings. The van der Waals surface area contributed by atoms with Gasteiger partial charge in [-0.1, -0.05) is 11.8 Å². The van der Waals surface area contributed by atoms with E-state index in [0.29, 0.717) is 0 Å². The molecule has 15 heavy (non-hydrogen) atoms. The predicted octanol–water partition coefficient (Wildman–Crippen LogP) is 1.19. The summed E-state index contributed by atoms with van der Waals surface area (Å²) in [5, 5.41) is 17.7. The van der Waals surface area contributed by atoms with Crippen LogP contribution in [-0.2, 0) is 4.74 Å². The van der Waals surface area contributed by atoms with Crippen LogP contribution in [0.2, 0.25) is 0 Å². The third-order valence-electron chi connectivity index (χ3n) is 2.13. The molecule has 0 bridgehead atoms. The monoisotopic (exact) mass is 214 g/mol. The van der Waals surface area contributed by atoms with Crippen LogP contribution in [0.4, 0.5) is 0 Å². The summed E-state index contributed by atoms with van der Waals surface area (Å²) in [6.45, 7) is 4.04. The Labute approximate surface area is 92.5 Å². The van der Waals surface area contributed by atoms with Crippen LogP contribution in [-0.4, -0.2) is 36.6 Å². The second-order valence-corrected chi connectivity index (χ2v) is 4.26. The van der Waals surface area contributed by atoms with E-state index >= 15 is 0 Å². The molecule has 88 valence electrons. The van der Waals surface area contributed by atoms with Crippen LogP contribution in [0.3, 0.4) is 0 Å². The van der Waals surface area contributed by atoms with E-state index in [1.54, 1.807) is 7.11 Å². The molecule has 0 heterocycles. The van der Waals surface area contributed by atoms with Crippen molar-refractivity contribution in [2.75, 3.05) is 20.3 Å². The Morgan fingerprint density at radius 1 is 1.27 bits per heavy atom. The number of hydrogen-bond donors (Lipinski definition) is 2. The number of methoxy groups -OCH3 is 1. The van der Waals surface area contributed by atoms with Crippen molar-refractivity contribution in [2.45, 2.75) is 39.2 Å². The van der Waals surface area contributed by atoms with E-state index < -0.39 is 0 Å². The molecule has 1 atom stereocenters. The number of rotatable bonds is 6. The number of aliphatic hydroxyl groups is 2. The predicted molar refractivity (Wildman–Crippen MR) is 60.4 cm³/mol. The molecule has 0 radical (unpaired) electrons. The summed E-state index contributed by atoms with van der Waals surface area (Å²) in [7, 11) is 1.63. The van der Waals surface area contributed by atoms with Crippen LogP contribution in [0, 0.1) is 17.3 Å². The van der Waals surface area contributed by atoms with E-state index in [4.69, 9.17) is 14.9 Å². The van der Waals surface area contributed by atoms with Crippen molar-refractivity contribution < 1.29 is 14.9 Å². The Morgan fingerprint density at radius 3 is 2.40 bits per heavy atom. The van der Waals surface area contributed by atoms with E-state index in [1.165, 1.54) is 0 Å². The first-order valence-electron chi connectivity index (χ1n) is 5.33. The molecular weight excluding hydrogens is 192 g/mol. The van der Waals surface area contributed by atoms with Gasteiger partial charge in [0.15, 0.2) is 0 Å². The average Bonchev–Trinajstić information content (AvgIpc) is 2.23. The molecule has 3 nitrogen and oxygen atoms in total. The van der Waals surface area contributed by atoms with E-state index in [1.807, 2.05) is 13.8 Å². The van der Waals surface area contributed by atoms with Gasteiger partial charge in [-0.3, -0.25) is 0 Å². The lowest BCUT2D eigenvalue weighted by Crippen LogP contribution is -2.15. The highest BCUT2D eigenvalue weighted by atomic mass is 16.5. The van der Waals surface area contributed by atoms with Crippen LogP contribution in [0.1, 0.15) is 33.1 Å². The molecule has 2 N–H and O–H groups in total. The number of ether oxygens (including phenoxy) is 1. The van der Waals surface area contributed by atoms with Crippen molar-refractivity contribution in [2.24, 2.45) is 5.41 Å². The van der Waals surface area contributed by atoms with Crippen molar-refractivity contribution in [3.63, 3.8) is 0 Å². The lowest BCUT2D eigenvalue weighted by molar-refractivity contribution is 0.135. The summed E-state index contributed by atoms with van der Waals surface area (Å²) >= 11 is 0. The topological polar surface area (TPSA) is 49.7 Å². The van der Waals surface area contributed by atoms with Crippen LogP contribution in [0.5, 0.6) is 0 Å². The van der Waals surface area contributed by atoms with Crippen molar-refractivity contribution in [1.82, 2.24) is 0 Å². The number of unbranched alkanes of at least 4 members (excludes halogenated alkanes) is 1. The molecule has 0 saturated heterocycles. The minimum absolute atomic E-state index is 0.0487. The van der Waals surface area contributed by atoms with Crippen LogP contribution in [0.15, 0.2) is 0 Å². The Balaban J connectivity index is 4.07. The quantitative estimate of drug-likeness (QED) is 0.516. The highest BCUT2D eigenvalue weighted by Gasteiger charge is 2.12. The molecular formula is C12H22O3. The molecule has 0 fully saturated rings. The zero-order chi connectivity index (χ0) is 11.7. The first-order chi connectivity index (χ1) is 7.05. The Hall–Kier alpha value is -0.560. The highest BCUT2D eigenvalue weighted by Crippen LogP contribution is 2.12. The largest absolute Gasteiger partial charge is 0.396 e. The Morgan fingerprint density at radius 2 is 1.93 bits per heavy atom. The van der Waals surface area contributed by atoms with Gasteiger partial charge in [-0.15, -0.1) is 0 Å². The second kappa shape index (κ2) is 7.70. The summed E-state index contributed by atoms with van der Waals surface area (Å²) in [5.41, 5.74) is -0.367. The highest BCUT2D eigenvalue weighted by molar-refractivity contribution is 5.12. The molecule has 0 aliphatic carbocycles. The van der Waals surface area contributed by atoms with Gasteiger partial charge in [0.25, 0.3) is 0 Å². The van der Waals surface area contributed by atoms with Crippen molar-refractivity contribution in [3.05, 3.63) is 0 Å². The molecule has 0 spiro atoms. The standard InChI is InChI=1S/C12H22O3/c1-12(2,10-14)8-7-11(15-3)6-4-5-9-13/h11,13-14H,4-6,9-10H2,1-3H3. The lowest BCUT2D eigenvalue weighted by atomic mass is 9.95.